The van der Waals surface area contributed by atoms with Gasteiger partial charge in [0.25, 0.3) is 11.5 Å². The van der Waals surface area contributed by atoms with E-state index in [9.17, 15) is 9.59 Å². The molecule has 0 fully saturated rings. The van der Waals surface area contributed by atoms with Crippen LogP contribution in [-0.2, 0) is 4.79 Å². The molecule has 0 bridgehead atoms. The van der Waals surface area contributed by atoms with E-state index < -0.39 is 6.04 Å². The first-order chi connectivity index (χ1) is 20.7. The zero-order valence-corrected chi connectivity index (χ0v) is 26.6. The number of halogens is 1. The quantitative estimate of drug-likeness (QED) is 0.209. The van der Waals surface area contributed by atoms with Crippen LogP contribution in [0.4, 0.5) is 5.69 Å². The van der Waals surface area contributed by atoms with E-state index in [1.165, 1.54) is 16.9 Å². The fourth-order valence-electron chi connectivity index (χ4n) is 5.23. The summed E-state index contributed by atoms with van der Waals surface area (Å²) in [7, 11) is 0. The average Bonchev–Trinajstić information content (AvgIpc) is 3.56. The van der Waals surface area contributed by atoms with E-state index in [1.54, 1.807) is 10.6 Å². The second-order valence-electron chi connectivity index (χ2n) is 10.9. The average molecular weight is 653 g/mol. The minimum atomic E-state index is -0.640. The molecule has 1 atom stereocenters. The van der Waals surface area contributed by atoms with E-state index >= 15 is 0 Å². The number of para-hydroxylation sites is 1. The maximum atomic E-state index is 14.1. The van der Waals surface area contributed by atoms with E-state index in [1.807, 2.05) is 86.6 Å². The Morgan fingerprint density at radius 2 is 1.77 bits per heavy atom. The number of benzene rings is 3. The minimum absolute atomic E-state index is 0.228. The fraction of sp³-hybridized carbons (Fsp3) is 0.171. The van der Waals surface area contributed by atoms with Crippen LogP contribution in [0, 0.1) is 6.92 Å². The number of carbonyl (C=O) groups excluding carboxylic acids is 1. The van der Waals surface area contributed by atoms with Crippen molar-refractivity contribution in [2.45, 2.75) is 39.7 Å². The minimum Gasteiger partial charge on any atom is -0.457 e. The summed E-state index contributed by atoms with van der Waals surface area (Å²) in [5.41, 5.74) is 5.55. The first-order valence-electron chi connectivity index (χ1n) is 14.0. The lowest BCUT2D eigenvalue weighted by molar-refractivity contribution is -0.113. The molecular formula is C35H30BrN3O3S. The Bertz CT molecular complexity index is 2050. The van der Waals surface area contributed by atoms with Gasteiger partial charge in [0, 0.05) is 21.8 Å². The number of nitrogens with one attached hydrogen (secondary N) is 1. The molecular weight excluding hydrogens is 622 g/mol. The van der Waals surface area contributed by atoms with Gasteiger partial charge in [-0.15, -0.1) is 0 Å². The van der Waals surface area contributed by atoms with E-state index in [0.717, 1.165) is 21.2 Å². The summed E-state index contributed by atoms with van der Waals surface area (Å²) in [6.07, 6.45) is 1.75. The molecule has 0 spiro atoms. The molecule has 1 aliphatic heterocycles. The Kier molecular flexibility index (Phi) is 7.90. The second kappa shape index (κ2) is 11.8. The van der Waals surface area contributed by atoms with Crippen molar-refractivity contribution in [3.8, 4) is 11.3 Å². The third-order valence-corrected chi connectivity index (χ3v) is 9.15. The van der Waals surface area contributed by atoms with Gasteiger partial charge in [0.05, 0.1) is 21.8 Å². The van der Waals surface area contributed by atoms with Crippen molar-refractivity contribution in [3.63, 3.8) is 0 Å². The monoisotopic (exact) mass is 651 g/mol. The third-order valence-electron chi connectivity index (χ3n) is 7.51. The summed E-state index contributed by atoms with van der Waals surface area (Å²) < 4.78 is 9.19. The van der Waals surface area contributed by atoms with Gasteiger partial charge in [-0.25, -0.2) is 4.99 Å². The molecule has 5 aromatic rings. The van der Waals surface area contributed by atoms with Crippen LogP contribution in [0.3, 0.4) is 0 Å². The highest BCUT2D eigenvalue weighted by molar-refractivity contribution is 9.10. The highest BCUT2D eigenvalue weighted by Gasteiger charge is 2.32. The lowest BCUT2D eigenvalue weighted by atomic mass is 9.93. The molecule has 0 saturated heterocycles. The summed E-state index contributed by atoms with van der Waals surface area (Å²) in [5.74, 6) is 1.32. The normalized spacial score (nSPS) is 15.0. The molecule has 0 radical (unpaired) electrons. The van der Waals surface area contributed by atoms with Crippen LogP contribution in [0.25, 0.3) is 17.4 Å². The topological polar surface area (TPSA) is 76.6 Å². The summed E-state index contributed by atoms with van der Waals surface area (Å²) in [6.45, 7) is 8.13. The van der Waals surface area contributed by atoms with Crippen molar-refractivity contribution in [1.82, 2.24) is 4.57 Å². The molecule has 216 valence electrons. The molecule has 3 aromatic carbocycles. The predicted octanol–water partition coefficient (Wildman–Crippen LogP) is 7.33. The predicted molar refractivity (Wildman–Crippen MR) is 176 cm³/mol. The largest absolute Gasteiger partial charge is 0.457 e. The van der Waals surface area contributed by atoms with Gasteiger partial charge in [0.1, 0.15) is 11.5 Å². The number of rotatable bonds is 6. The van der Waals surface area contributed by atoms with Gasteiger partial charge in [-0.05, 0) is 72.9 Å². The molecule has 6 rings (SSSR count). The van der Waals surface area contributed by atoms with Gasteiger partial charge in [-0.2, -0.15) is 0 Å². The summed E-state index contributed by atoms with van der Waals surface area (Å²) in [6, 6.07) is 26.6. The molecule has 0 aliphatic carbocycles. The Morgan fingerprint density at radius 3 is 2.47 bits per heavy atom. The lowest BCUT2D eigenvalue weighted by Crippen LogP contribution is -2.40. The second-order valence-corrected chi connectivity index (χ2v) is 12.8. The molecule has 0 saturated carbocycles. The SMILES string of the molecule is CC1=C(C(=O)Nc2ccccc2)C(c2ccc(C(C)C)cc2)n2c(s/c(=C\c3ccc(-c4ccc(C)cc4Br)o3)c2=O)=N1. The molecule has 2 aromatic heterocycles. The van der Waals surface area contributed by atoms with Crippen LogP contribution in [0.15, 0.2) is 115 Å². The van der Waals surface area contributed by atoms with E-state index in [-0.39, 0.29) is 11.5 Å². The number of amides is 1. The van der Waals surface area contributed by atoms with Crippen LogP contribution < -0.4 is 20.2 Å². The standard InChI is InChI=1S/C35H30BrN3O3S/c1-20(2)23-11-13-24(14-12-23)32-31(33(40)38-25-8-6-5-7-9-25)22(4)37-35-39(32)34(41)30(43-35)19-26-15-17-29(42-26)27-16-10-21(3)18-28(27)36/h5-20,32H,1-4H3,(H,38,40)/b30-19-. The van der Waals surface area contributed by atoms with Crippen LogP contribution in [0.5, 0.6) is 0 Å². The highest BCUT2D eigenvalue weighted by atomic mass is 79.9. The summed E-state index contributed by atoms with van der Waals surface area (Å²) in [4.78, 5) is 33.1. The fourth-order valence-corrected chi connectivity index (χ4v) is 6.95. The van der Waals surface area contributed by atoms with Crippen LogP contribution >= 0.6 is 27.3 Å². The molecule has 6 nitrogen and oxygen atoms in total. The number of aryl methyl sites for hydroxylation is 1. The Balaban J connectivity index is 1.45. The number of allylic oxidation sites excluding steroid dienone is 1. The third kappa shape index (κ3) is 5.72. The number of aromatic nitrogens is 1. The molecule has 3 heterocycles. The van der Waals surface area contributed by atoms with Crippen molar-refractivity contribution >= 4 is 44.9 Å². The smallest absolute Gasteiger partial charge is 0.271 e. The van der Waals surface area contributed by atoms with E-state index in [0.29, 0.717) is 43.7 Å². The molecule has 1 amide bonds. The van der Waals surface area contributed by atoms with Crippen LogP contribution in [0.1, 0.15) is 55.2 Å². The van der Waals surface area contributed by atoms with Crippen LogP contribution in [0.2, 0.25) is 0 Å². The Labute approximate surface area is 261 Å². The summed E-state index contributed by atoms with van der Waals surface area (Å²) >= 11 is 4.91. The number of anilines is 1. The van der Waals surface area contributed by atoms with Gasteiger partial charge in [0.15, 0.2) is 4.80 Å². The Morgan fingerprint density at radius 1 is 1.02 bits per heavy atom. The van der Waals surface area contributed by atoms with E-state index in [2.05, 4.69) is 47.2 Å². The summed E-state index contributed by atoms with van der Waals surface area (Å²) in [5, 5.41) is 3.00. The molecule has 43 heavy (non-hydrogen) atoms. The highest BCUT2D eigenvalue weighted by Crippen LogP contribution is 2.33. The first kappa shape index (κ1) is 28.8. The van der Waals surface area contributed by atoms with Crippen molar-refractivity contribution in [1.29, 1.82) is 0 Å². The van der Waals surface area contributed by atoms with Crippen molar-refractivity contribution in [2.75, 3.05) is 5.32 Å². The zero-order chi connectivity index (χ0) is 30.2. The van der Waals surface area contributed by atoms with Gasteiger partial charge in [-0.1, -0.05) is 89.6 Å². The van der Waals surface area contributed by atoms with Gasteiger partial charge in [0.2, 0.25) is 0 Å². The van der Waals surface area contributed by atoms with E-state index in [4.69, 9.17) is 9.41 Å². The van der Waals surface area contributed by atoms with Crippen molar-refractivity contribution < 1.29 is 9.21 Å². The number of hydrogen-bond donors (Lipinski definition) is 1. The van der Waals surface area contributed by atoms with Crippen molar-refractivity contribution in [3.05, 3.63) is 143 Å². The van der Waals surface area contributed by atoms with Crippen molar-refractivity contribution in [2.24, 2.45) is 4.99 Å². The maximum absolute atomic E-state index is 14.1. The molecule has 1 unspecified atom stereocenters. The zero-order valence-electron chi connectivity index (χ0n) is 24.2. The number of nitrogens with zero attached hydrogens (tertiary/aromatic N) is 2. The first-order valence-corrected chi connectivity index (χ1v) is 15.7. The molecule has 1 N–H and O–H groups in total. The number of fused-ring (bicyclic) bond motifs is 1. The molecule has 1 aliphatic rings. The number of hydrogen-bond acceptors (Lipinski definition) is 5. The van der Waals surface area contributed by atoms with Crippen LogP contribution in [-0.4, -0.2) is 10.5 Å². The number of thiazole rings is 1. The van der Waals surface area contributed by atoms with Gasteiger partial charge in [-0.3, -0.25) is 14.2 Å². The van der Waals surface area contributed by atoms with Gasteiger partial charge < -0.3 is 9.73 Å². The Hall–Kier alpha value is -4.27. The van der Waals surface area contributed by atoms with Gasteiger partial charge >= 0.3 is 0 Å². The molecule has 8 heteroatoms. The lowest BCUT2D eigenvalue weighted by Gasteiger charge is -2.25. The maximum Gasteiger partial charge on any atom is 0.271 e. The number of carbonyl (C=O) groups is 1. The number of furan rings is 1.